The standard InChI is InChI=1S/C17H31N3S/c1-4-8-15-16(12-18-10-5-2)21-17(19-15)20-11-7-9-14(6-3)13-20/h14,18H,4-13H2,1-3H3. The number of piperidine rings is 1. The number of nitrogens with one attached hydrogen (secondary N) is 1. The number of hydrogen-bond donors (Lipinski definition) is 1. The first kappa shape index (κ1) is 16.8. The van der Waals surface area contributed by atoms with Gasteiger partial charge in [-0.15, -0.1) is 11.3 Å². The van der Waals surface area contributed by atoms with Gasteiger partial charge in [-0.25, -0.2) is 4.98 Å². The average Bonchev–Trinajstić information content (AvgIpc) is 2.91. The van der Waals surface area contributed by atoms with Gasteiger partial charge in [0.1, 0.15) is 0 Å². The van der Waals surface area contributed by atoms with E-state index in [1.54, 1.807) is 0 Å². The third kappa shape index (κ3) is 4.68. The maximum atomic E-state index is 4.98. The summed E-state index contributed by atoms with van der Waals surface area (Å²) in [6.45, 7) is 11.3. The number of rotatable bonds is 8. The zero-order valence-corrected chi connectivity index (χ0v) is 14.8. The van der Waals surface area contributed by atoms with Crippen LogP contribution < -0.4 is 10.2 Å². The van der Waals surface area contributed by atoms with Crippen LogP contribution >= 0.6 is 11.3 Å². The van der Waals surface area contributed by atoms with Crippen LogP contribution in [-0.4, -0.2) is 24.6 Å². The largest absolute Gasteiger partial charge is 0.348 e. The van der Waals surface area contributed by atoms with Gasteiger partial charge < -0.3 is 10.2 Å². The van der Waals surface area contributed by atoms with E-state index in [0.717, 1.165) is 25.4 Å². The van der Waals surface area contributed by atoms with Crippen LogP contribution in [0.1, 0.15) is 63.4 Å². The number of hydrogen-bond acceptors (Lipinski definition) is 4. The van der Waals surface area contributed by atoms with Gasteiger partial charge in [0.25, 0.3) is 0 Å². The molecule has 1 N–H and O–H groups in total. The summed E-state index contributed by atoms with van der Waals surface area (Å²) < 4.78 is 0. The molecule has 2 rings (SSSR count). The van der Waals surface area contributed by atoms with E-state index in [2.05, 4.69) is 31.0 Å². The first-order chi connectivity index (χ1) is 10.3. The number of aryl methyl sites for hydroxylation is 1. The van der Waals surface area contributed by atoms with Crippen LogP contribution in [0.25, 0.3) is 0 Å². The van der Waals surface area contributed by atoms with Gasteiger partial charge in [-0.3, -0.25) is 0 Å². The van der Waals surface area contributed by atoms with Gasteiger partial charge in [0.2, 0.25) is 0 Å². The Morgan fingerprint density at radius 3 is 2.86 bits per heavy atom. The van der Waals surface area contributed by atoms with Crippen molar-refractivity contribution in [3.8, 4) is 0 Å². The fourth-order valence-electron chi connectivity index (χ4n) is 3.03. The molecule has 0 amide bonds. The molecular formula is C17H31N3S. The van der Waals surface area contributed by atoms with E-state index in [0.29, 0.717) is 0 Å². The van der Waals surface area contributed by atoms with E-state index >= 15 is 0 Å². The lowest BCUT2D eigenvalue weighted by molar-refractivity contribution is 0.404. The van der Waals surface area contributed by atoms with Gasteiger partial charge in [0.05, 0.1) is 5.69 Å². The zero-order valence-electron chi connectivity index (χ0n) is 14.0. The fourth-order valence-corrected chi connectivity index (χ4v) is 4.14. The second kappa shape index (κ2) is 8.74. The van der Waals surface area contributed by atoms with Crippen LogP contribution in [-0.2, 0) is 13.0 Å². The van der Waals surface area contributed by atoms with Crippen molar-refractivity contribution in [2.24, 2.45) is 5.92 Å². The highest BCUT2D eigenvalue weighted by molar-refractivity contribution is 7.15. The van der Waals surface area contributed by atoms with Crippen molar-refractivity contribution < 1.29 is 0 Å². The van der Waals surface area contributed by atoms with Crippen molar-refractivity contribution in [1.82, 2.24) is 10.3 Å². The Bertz CT molecular complexity index is 416. The first-order valence-electron chi connectivity index (χ1n) is 8.72. The van der Waals surface area contributed by atoms with Crippen LogP contribution in [0.4, 0.5) is 5.13 Å². The zero-order chi connectivity index (χ0) is 15.1. The van der Waals surface area contributed by atoms with Crippen LogP contribution in [0.3, 0.4) is 0 Å². The predicted octanol–water partition coefficient (Wildman–Crippen LogP) is 4.22. The van der Waals surface area contributed by atoms with Crippen LogP contribution in [0, 0.1) is 5.92 Å². The molecular weight excluding hydrogens is 278 g/mol. The Kier molecular flexibility index (Phi) is 6.97. The molecule has 21 heavy (non-hydrogen) atoms. The van der Waals surface area contributed by atoms with E-state index in [1.165, 1.54) is 60.9 Å². The molecule has 1 saturated heterocycles. The SMILES string of the molecule is CCCNCc1sc(N2CCCC(CC)C2)nc1CCC. The third-order valence-electron chi connectivity index (χ3n) is 4.33. The molecule has 0 spiro atoms. The minimum Gasteiger partial charge on any atom is -0.348 e. The monoisotopic (exact) mass is 309 g/mol. The smallest absolute Gasteiger partial charge is 0.185 e. The second-order valence-corrected chi connectivity index (χ2v) is 7.22. The van der Waals surface area contributed by atoms with E-state index in [9.17, 15) is 0 Å². The van der Waals surface area contributed by atoms with E-state index < -0.39 is 0 Å². The second-order valence-electron chi connectivity index (χ2n) is 6.16. The number of anilines is 1. The summed E-state index contributed by atoms with van der Waals surface area (Å²) in [6, 6.07) is 0. The summed E-state index contributed by atoms with van der Waals surface area (Å²) in [4.78, 5) is 8.97. The minimum absolute atomic E-state index is 0.860. The summed E-state index contributed by atoms with van der Waals surface area (Å²) in [5.41, 5.74) is 1.33. The summed E-state index contributed by atoms with van der Waals surface area (Å²) in [5.74, 6) is 0.860. The van der Waals surface area contributed by atoms with E-state index in [-0.39, 0.29) is 0 Å². The molecule has 1 aromatic heterocycles. The molecule has 1 atom stereocenters. The van der Waals surface area contributed by atoms with Crippen LogP contribution in [0.15, 0.2) is 0 Å². The molecule has 120 valence electrons. The highest BCUT2D eigenvalue weighted by Crippen LogP contribution is 2.31. The molecule has 1 aromatic rings. The lowest BCUT2D eigenvalue weighted by Crippen LogP contribution is -2.35. The van der Waals surface area contributed by atoms with Crippen molar-refractivity contribution >= 4 is 16.5 Å². The first-order valence-corrected chi connectivity index (χ1v) is 9.54. The van der Waals surface area contributed by atoms with Gasteiger partial charge in [0.15, 0.2) is 5.13 Å². The summed E-state index contributed by atoms with van der Waals surface area (Å²) >= 11 is 1.92. The molecule has 1 aliphatic heterocycles. The third-order valence-corrected chi connectivity index (χ3v) is 5.49. The highest BCUT2D eigenvalue weighted by Gasteiger charge is 2.22. The topological polar surface area (TPSA) is 28.2 Å². The van der Waals surface area contributed by atoms with Gasteiger partial charge in [-0.1, -0.05) is 33.6 Å². The van der Waals surface area contributed by atoms with E-state index in [1.807, 2.05) is 11.3 Å². The molecule has 0 saturated carbocycles. The number of nitrogens with zero attached hydrogens (tertiary/aromatic N) is 2. The summed E-state index contributed by atoms with van der Waals surface area (Å²) in [7, 11) is 0. The highest BCUT2D eigenvalue weighted by atomic mass is 32.1. The Labute approximate surface area is 134 Å². The normalized spacial score (nSPS) is 19.2. The van der Waals surface area contributed by atoms with Gasteiger partial charge in [-0.2, -0.15) is 0 Å². The Morgan fingerprint density at radius 2 is 2.14 bits per heavy atom. The van der Waals surface area contributed by atoms with E-state index in [4.69, 9.17) is 4.98 Å². The average molecular weight is 310 g/mol. The van der Waals surface area contributed by atoms with Crippen molar-refractivity contribution in [3.63, 3.8) is 0 Å². The molecule has 0 aromatic carbocycles. The lowest BCUT2D eigenvalue weighted by Gasteiger charge is -2.31. The molecule has 0 bridgehead atoms. The van der Waals surface area contributed by atoms with Gasteiger partial charge in [0, 0.05) is 24.5 Å². The summed E-state index contributed by atoms with van der Waals surface area (Å²) in [5, 5.41) is 4.81. The number of aromatic nitrogens is 1. The molecule has 1 aliphatic rings. The van der Waals surface area contributed by atoms with Crippen molar-refractivity contribution in [2.75, 3.05) is 24.5 Å². The molecule has 2 heterocycles. The quantitative estimate of drug-likeness (QED) is 0.729. The van der Waals surface area contributed by atoms with Crippen molar-refractivity contribution in [3.05, 3.63) is 10.6 Å². The van der Waals surface area contributed by atoms with Gasteiger partial charge >= 0.3 is 0 Å². The van der Waals surface area contributed by atoms with Crippen molar-refractivity contribution in [2.45, 2.75) is 65.8 Å². The van der Waals surface area contributed by atoms with Gasteiger partial charge in [-0.05, 0) is 38.1 Å². The molecule has 0 aliphatic carbocycles. The Morgan fingerprint density at radius 1 is 1.29 bits per heavy atom. The summed E-state index contributed by atoms with van der Waals surface area (Å²) in [6.07, 6.45) is 7.51. The number of thiazole rings is 1. The van der Waals surface area contributed by atoms with Crippen molar-refractivity contribution in [1.29, 1.82) is 0 Å². The van der Waals surface area contributed by atoms with Crippen LogP contribution in [0.5, 0.6) is 0 Å². The molecule has 3 nitrogen and oxygen atoms in total. The van der Waals surface area contributed by atoms with Crippen LogP contribution in [0.2, 0.25) is 0 Å². The Balaban J connectivity index is 2.06. The predicted molar refractivity (Wildman–Crippen MR) is 93.3 cm³/mol. The molecule has 0 radical (unpaired) electrons. The Hall–Kier alpha value is -0.610. The lowest BCUT2D eigenvalue weighted by atomic mass is 9.96. The minimum atomic E-state index is 0.860. The molecule has 1 unspecified atom stereocenters. The molecule has 1 fully saturated rings. The molecule has 4 heteroatoms. The maximum absolute atomic E-state index is 4.98. The fraction of sp³-hybridized carbons (Fsp3) is 0.824. The maximum Gasteiger partial charge on any atom is 0.185 e.